The number of hydrogen-bond acceptors (Lipinski definition) is 2. The predicted octanol–water partition coefficient (Wildman–Crippen LogP) is 3.50. The monoisotopic (exact) mass is 361 g/mol. The Morgan fingerprint density at radius 2 is 1.80 bits per heavy atom. The van der Waals surface area contributed by atoms with Crippen molar-refractivity contribution in [3.63, 3.8) is 0 Å². The number of aryl methyl sites for hydroxylation is 2. The molecule has 0 aliphatic heterocycles. The lowest BCUT2D eigenvalue weighted by Crippen LogP contribution is -2.52. The lowest BCUT2D eigenvalue weighted by atomic mass is 9.78. The highest BCUT2D eigenvalue weighted by molar-refractivity contribution is 7.80. The van der Waals surface area contributed by atoms with Crippen LogP contribution in [-0.4, -0.2) is 17.1 Å². The number of carbonyl (C=O) groups is 1. The molecule has 25 heavy (non-hydrogen) atoms. The van der Waals surface area contributed by atoms with E-state index in [1.165, 1.54) is 24.0 Å². The van der Waals surface area contributed by atoms with Crippen molar-refractivity contribution < 1.29 is 4.79 Å². The van der Waals surface area contributed by atoms with E-state index in [1.807, 2.05) is 0 Å². The Hall–Kier alpha value is -1.62. The SMILES string of the molecule is CCc1ccc(CCC(=O)NNC(=S)N[C@H]2CCC[C@@H](C)[C@@H]2C)cc1. The summed E-state index contributed by atoms with van der Waals surface area (Å²) in [5.74, 6) is 1.26. The van der Waals surface area contributed by atoms with Crippen molar-refractivity contribution in [2.45, 2.75) is 65.3 Å². The molecule has 1 amide bonds. The van der Waals surface area contributed by atoms with Crippen LogP contribution in [0.25, 0.3) is 0 Å². The van der Waals surface area contributed by atoms with E-state index in [9.17, 15) is 4.79 Å². The van der Waals surface area contributed by atoms with Crippen LogP contribution in [0, 0.1) is 11.8 Å². The van der Waals surface area contributed by atoms with Gasteiger partial charge >= 0.3 is 0 Å². The van der Waals surface area contributed by atoms with Gasteiger partial charge in [-0.15, -0.1) is 0 Å². The number of amides is 1. The van der Waals surface area contributed by atoms with Crippen LogP contribution in [0.3, 0.4) is 0 Å². The van der Waals surface area contributed by atoms with Crippen molar-refractivity contribution in [1.29, 1.82) is 0 Å². The van der Waals surface area contributed by atoms with Crippen molar-refractivity contribution >= 4 is 23.2 Å². The molecule has 0 saturated heterocycles. The smallest absolute Gasteiger partial charge is 0.238 e. The first kappa shape index (κ1) is 19.7. The topological polar surface area (TPSA) is 53.2 Å². The van der Waals surface area contributed by atoms with Gasteiger partial charge in [0.1, 0.15) is 0 Å². The van der Waals surface area contributed by atoms with E-state index >= 15 is 0 Å². The molecule has 1 aliphatic rings. The zero-order chi connectivity index (χ0) is 18.2. The first-order chi connectivity index (χ1) is 12.0. The normalized spacial score (nSPS) is 22.9. The highest BCUT2D eigenvalue weighted by Gasteiger charge is 2.27. The summed E-state index contributed by atoms with van der Waals surface area (Å²) < 4.78 is 0. The van der Waals surface area contributed by atoms with E-state index in [2.05, 4.69) is 61.2 Å². The maximum atomic E-state index is 12.0. The molecule has 0 radical (unpaired) electrons. The van der Waals surface area contributed by atoms with Crippen LogP contribution in [0.4, 0.5) is 0 Å². The average Bonchev–Trinajstić information content (AvgIpc) is 2.62. The lowest BCUT2D eigenvalue weighted by molar-refractivity contribution is -0.121. The molecule has 1 aromatic carbocycles. The van der Waals surface area contributed by atoms with Gasteiger partial charge in [-0.1, -0.05) is 57.9 Å². The molecule has 0 heterocycles. The van der Waals surface area contributed by atoms with E-state index in [0.717, 1.165) is 19.3 Å². The molecule has 0 unspecified atom stereocenters. The van der Waals surface area contributed by atoms with Gasteiger partial charge in [-0.2, -0.15) is 0 Å². The number of nitrogens with one attached hydrogen (secondary N) is 3. The summed E-state index contributed by atoms with van der Waals surface area (Å²) in [5, 5.41) is 3.85. The molecule has 0 bridgehead atoms. The molecule has 1 saturated carbocycles. The van der Waals surface area contributed by atoms with Crippen molar-refractivity contribution in [2.75, 3.05) is 0 Å². The third-order valence-electron chi connectivity index (χ3n) is 5.41. The quantitative estimate of drug-likeness (QED) is 0.555. The highest BCUT2D eigenvalue weighted by atomic mass is 32.1. The Balaban J connectivity index is 1.67. The minimum absolute atomic E-state index is 0.0474. The minimum Gasteiger partial charge on any atom is -0.358 e. The number of rotatable bonds is 5. The fourth-order valence-corrected chi connectivity index (χ4v) is 3.58. The van der Waals surface area contributed by atoms with Gasteiger partial charge in [0, 0.05) is 12.5 Å². The summed E-state index contributed by atoms with van der Waals surface area (Å²) in [6.45, 7) is 6.70. The molecule has 1 fully saturated rings. The van der Waals surface area contributed by atoms with Crippen LogP contribution in [0.2, 0.25) is 0 Å². The Bertz CT molecular complexity index is 573. The van der Waals surface area contributed by atoms with Gasteiger partial charge in [0.2, 0.25) is 5.91 Å². The minimum atomic E-state index is -0.0474. The Morgan fingerprint density at radius 3 is 2.48 bits per heavy atom. The zero-order valence-corrected chi connectivity index (χ0v) is 16.4. The summed E-state index contributed by atoms with van der Waals surface area (Å²) in [6, 6.07) is 8.82. The second-order valence-electron chi connectivity index (χ2n) is 7.19. The van der Waals surface area contributed by atoms with Gasteiger partial charge in [-0.25, -0.2) is 0 Å². The molecule has 1 aromatic rings. The third-order valence-corrected chi connectivity index (χ3v) is 5.63. The number of hydrazine groups is 1. The molecule has 5 heteroatoms. The van der Waals surface area contributed by atoms with Crippen LogP contribution in [0.5, 0.6) is 0 Å². The standard InChI is InChI=1S/C20H31N3OS/c1-4-16-8-10-17(11-9-16)12-13-19(24)22-23-20(25)21-18-7-5-6-14(2)15(18)3/h8-11,14-15,18H,4-7,12-13H2,1-3H3,(H,22,24)(H2,21,23,25)/t14-,15+,18+/m1/s1. The first-order valence-corrected chi connectivity index (χ1v) is 9.83. The van der Waals surface area contributed by atoms with Crippen molar-refractivity contribution in [2.24, 2.45) is 11.8 Å². The van der Waals surface area contributed by atoms with Gasteiger partial charge in [0.05, 0.1) is 0 Å². The maximum Gasteiger partial charge on any atom is 0.238 e. The van der Waals surface area contributed by atoms with E-state index in [0.29, 0.717) is 29.4 Å². The maximum absolute atomic E-state index is 12.0. The summed E-state index contributed by atoms with van der Waals surface area (Å²) >= 11 is 5.31. The molecule has 1 aliphatic carbocycles. The fraction of sp³-hybridized carbons (Fsp3) is 0.600. The van der Waals surface area contributed by atoms with Crippen molar-refractivity contribution in [3.05, 3.63) is 35.4 Å². The number of hydrogen-bond donors (Lipinski definition) is 3. The number of benzene rings is 1. The van der Waals surface area contributed by atoms with Crippen LogP contribution >= 0.6 is 12.2 Å². The second-order valence-corrected chi connectivity index (χ2v) is 7.60. The van der Waals surface area contributed by atoms with Crippen LogP contribution in [0.15, 0.2) is 24.3 Å². The van der Waals surface area contributed by atoms with E-state index < -0.39 is 0 Å². The van der Waals surface area contributed by atoms with Crippen LogP contribution < -0.4 is 16.2 Å². The van der Waals surface area contributed by atoms with Gasteiger partial charge < -0.3 is 5.32 Å². The van der Waals surface area contributed by atoms with Crippen molar-refractivity contribution in [1.82, 2.24) is 16.2 Å². The molecular formula is C20H31N3OS. The van der Waals surface area contributed by atoms with Gasteiger partial charge in [0.25, 0.3) is 0 Å². The lowest BCUT2D eigenvalue weighted by Gasteiger charge is -2.35. The zero-order valence-electron chi connectivity index (χ0n) is 15.6. The number of thiocarbonyl (C=S) groups is 1. The predicted molar refractivity (Wildman–Crippen MR) is 107 cm³/mol. The van der Waals surface area contributed by atoms with Gasteiger partial charge in [-0.3, -0.25) is 15.6 Å². The molecule has 0 aromatic heterocycles. The van der Waals surface area contributed by atoms with E-state index in [1.54, 1.807) is 0 Å². The molecule has 0 spiro atoms. The Labute approximate surface area is 157 Å². The average molecular weight is 362 g/mol. The Morgan fingerprint density at radius 1 is 1.12 bits per heavy atom. The highest BCUT2D eigenvalue weighted by Crippen LogP contribution is 2.29. The molecule has 138 valence electrons. The molecule has 3 N–H and O–H groups in total. The molecular weight excluding hydrogens is 330 g/mol. The summed E-state index contributed by atoms with van der Waals surface area (Å²) in [6.07, 6.45) is 5.86. The summed E-state index contributed by atoms with van der Waals surface area (Å²) in [4.78, 5) is 12.0. The molecule has 3 atom stereocenters. The van der Waals surface area contributed by atoms with E-state index in [4.69, 9.17) is 12.2 Å². The largest absolute Gasteiger partial charge is 0.358 e. The Kier molecular flexibility index (Phi) is 7.69. The van der Waals surface area contributed by atoms with Gasteiger partial charge in [-0.05, 0) is 54.4 Å². The molecule has 4 nitrogen and oxygen atoms in total. The second kappa shape index (κ2) is 9.76. The first-order valence-electron chi connectivity index (χ1n) is 9.42. The van der Waals surface area contributed by atoms with Gasteiger partial charge in [0.15, 0.2) is 5.11 Å². The fourth-order valence-electron chi connectivity index (χ4n) is 3.38. The van der Waals surface area contributed by atoms with Crippen LogP contribution in [-0.2, 0) is 17.6 Å². The van der Waals surface area contributed by atoms with E-state index in [-0.39, 0.29) is 5.91 Å². The van der Waals surface area contributed by atoms with Crippen molar-refractivity contribution in [3.8, 4) is 0 Å². The number of carbonyl (C=O) groups excluding carboxylic acids is 1. The van der Waals surface area contributed by atoms with Crippen LogP contribution in [0.1, 0.15) is 57.6 Å². The summed E-state index contributed by atoms with van der Waals surface area (Å²) in [7, 11) is 0. The molecule has 2 rings (SSSR count). The third kappa shape index (κ3) is 6.31. The summed E-state index contributed by atoms with van der Waals surface area (Å²) in [5.41, 5.74) is 8.03.